The molecule has 0 bridgehead atoms. The van der Waals surface area contributed by atoms with Crippen LogP contribution in [0.2, 0.25) is 5.02 Å². The van der Waals surface area contributed by atoms with E-state index in [2.05, 4.69) is 10.4 Å². The van der Waals surface area contributed by atoms with Crippen molar-refractivity contribution in [1.82, 2.24) is 9.78 Å². The number of non-ortho nitro benzene ring substituents is 1. The van der Waals surface area contributed by atoms with Crippen LogP contribution in [0, 0.1) is 10.1 Å². The highest BCUT2D eigenvalue weighted by molar-refractivity contribution is 6.33. The summed E-state index contributed by atoms with van der Waals surface area (Å²) in [5.74, 6) is -1.84. The van der Waals surface area contributed by atoms with E-state index in [0.29, 0.717) is 0 Å². The van der Waals surface area contributed by atoms with Gasteiger partial charge in [-0.2, -0.15) is 5.10 Å². The number of carbonyl (C=O) groups is 2. The van der Waals surface area contributed by atoms with Crippen molar-refractivity contribution >= 4 is 34.9 Å². The Hall–Kier alpha value is -2.94. The average Bonchev–Trinajstić information content (AvgIpc) is 2.98. The number of nitro benzene ring substituents is 1. The number of aromatic nitrogens is 2. The fourth-order valence-corrected chi connectivity index (χ4v) is 2.03. The molecule has 23 heavy (non-hydrogen) atoms. The van der Waals surface area contributed by atoms with Crippen LogP contribution < -0.4 is 5.32 Å². The monoisotopic (exact) mass is 338 g/mol. The molecule has 2 rings (SSSR count). The van der Waals surface area contributed by atoms with Crippen molar-refractivity contribution in [2.45, 2.75) is 13.0 Å². The zero-order chi connectivity index (χ0) is 17.1. The highest BCUT2D eigenvalue weighted by Gasteiger charge is 2.22. The van der Waals surface area contributed by atoms with Crippen LogP contribution in [0.4, 0.5) is 11.4 Å². The fourth-order valence-electron chi connectivity index (χ4n) is 1.86. The summed E-state index contributed by atoms with van der Waals surface area (Å²) in [6.07, 6.45) is 1.26. The number of hydrogen-bond donors (Lipinski definition) is 2. The van der Waals surface area contributed by atoms with Gasteiger partial charge in [-0.15, -0.1) is 0 Å². The minimum absolute atomic E-state index is 0.0572. The Morgan fingerprint density at radius 1 is 1.43 bits per heavy atom. The Bertz CT molecular complexity index is 788. The van der Waals surface area contributed by atoms with E-state index < -0.39 is 22.8 Å². The van der Waals surface area contributed by atoms with Crippen LogP contribution in [-0.4, -0.2) is 31.7 Å². The molecule has 0 spiro atoms. The van der Waals surface area contributed by atoms with Crippen LogP contribution in [0.15, 0.2) is 30.5 Å². The van der Waals surface area contributed by atoms with Gasteiger partial charge in [0.25, 0.3) is 5.69 Å². The number of aromatic carboxylic acids is 1. The van der Waals surface area contributed by atoms with Gasteiger partial charge in [0.1, 0.15) is 11.7 Å². The molecular formula is C13H11ClN4O5. The number of hydrogen-bond acceptors (Lipinski definition) is 5. The fraction of sp³-hybridized carbons (Fsp3) is 0.154. The normalized spacial score (nSPS) is 11.7. The third-order valence-electron chi connectivity index (χ3n) is 3.05. The van der Waals surface area contributed by atoms with Crippen molar-refractivity contribution < 1.29 is 19.6 Å². The Kier molecular flexibility index (Phi) is 4.60. The maximum absolute atomic E-state index is 12.2. The first-order chi connectivity index (χ1) is 10.8. The number of nitro groups is 1. The van der Waals surface area contributed by atoms with Crippen LogP contribution in [-0.2, 0) is 4.79 Å². The van der Waals surface area contributed by atoms with Crippen molar-refractivity contribution in [3.05, 3.63) is 51.3 Å². The molecule has 1 heterocycles. The van der Waals surface area contributed by atoms with Crippen LogP contribution >= 0.6 is 11.6 Å². The number of carboxylic acids is 1. The summed E-state index contributed by atoms with van der Waals surface area (Å²) in [6, 6.07) is 3.92. The number of rotatable bonds is 5. The van der Waals surface area contributed by atoms with Crippen molar-refractivity contribution in [3.8, 4) is 0 Å². The molecule has 2 N–H and O–H groups in total. The van der Waals surface area contributed by atoms with Gasteiger partial charge in [0.2, 0.25) is 5.91 Å². The second-order valence-corrected chi connectivity index (χ2v) is 4.96. The third-order valence-corrected chi connectivity index (χ3v) is 3.38. The van der Waals surface area contributed by atoms with Crippen LogP contribution in [0.5, 0.6) is 0 Å². The number of benzene rings is 1. The highest BCUT2D eigenvalue weighted by Crippen LogP contribution is 2.27. The van der Waals surface area contributed by atoms with Crippen LogP contribution in [0.25, 0.3) is 0 Å². The summed E-state index contributed by atoms with van der Waals surface area (Å²) in [5, 5.41) is 26.1. The van der Waals surface area contributed by atoms with Gasteiger partial charge in [-0.05, 0) is 19.1 Å². The smallest absolute Gasteiger partial charge is 0.354 e. The van der Waals surface area contributed by atoms with E-state index in [4.69, 9.17) is 16.7 Å². The second-order valence-electron chi connectivity index (χ2n) is 4.55. The largest absolute Gasteiger partial charge is 0.477 e. The molecule has 2 aromatic rings. The SMILES string of the molecule is CC(C(=O)Nc1cc([N+](=O)[O-])ccc1Cl)n1nccc1C(=O)O. The standard InChI is InChI=1S/C13H11ClN4O5/c1-7(17-11(13(20)21)4-5-15-17)12(19)16-10-6-8(18(22)23)2-3-9(10)14/h2-7H,1H3,(H,16,19)(H,20,21). The first-order valence-electron chi connectivity index (χ1n) is 6.33. The zero-order valence-corrected chi connectivity index (χ0v) is 12.5. The Morgan fingerprint density at radius 3 is 2.74 bits per heavy atom. The second kappa shape index (κ2) is 6.44. The molecule has 1 atom stereocenters. The minimum Gasteiger partial charge on any atom is -0.477 e. The number of carboxylic acid groups (broad SMARTS) is 1. The lowest BCUT2D eigenvalue weighted by Gasteiger charge is -2.15. The first-order valence-corrected chi connectivity index (χ1v) is 6.70. The maximum Gasteiger partial charge on any atom is 0.354 e. The number of anilines is 1. The molecule has 10 heteroatoms. The molecule has 1 amide bonds. The lowest BCUT2D eigenvalue weighted by Crippen LogP contribution is -2.27. The molecule has 0 aliphatic rings. The quantitative estimate of drug-likeness (QED) is 0.636. The van der Waals surface area contributed by atoms with E-state index >= 15 is 0 Å². The lowest BCUT2D eigenvalue weighted by atomic mass is 10.2. The molecule has 0 saturated heterocycles. The molecule has 0 fully saturated rings. The summed E-state index contributed by atoms with van der Waals surface area (Å²) in [5.41, 5.74) is -0.331. The lowest BCUT2D eigenvalue weighted by molar-refractivity contribution is -0.384. The maximum atomic E-state index is 12.2. The zero-order valence-electron chi connectivity index (χ0n) is 11.8. The summed E-state index contributed by atoms with van der Waals surface area (Å²) in [6.45, 7) is 1.44. The Morgan fingerprint density at radius 2 is 2.13 bits per heavy atom. The molecular weight excluding hydrogens is 328 g/mol. The molecule has 0 aliphatic carbocycles. The van der Waals surface area contributed by atoms with Gasteiger partial charge >= 0.3 is 5.97 Å². The van der Waals surface area contributed by atoms with Crippen molar-refractivity contribution in [2.75, 3.05) is 5.32 Å². The van der Waals surface area contributed by atoms with Gasteiger partial charge in [0.05, 0.1) is 15.6 Å². The number of amides is 1. The van der Waals surface area contributed by atoms with Crippen molar-refractivity contribution in [2.24, 2.45) is 0 Å². The van der Waals surface area contributed by atoms with E-state index in [1.165, 1.54) is 31.3 Å². The molecule has 1 unspecified atom stereocenters. The molecule has 1 aromatic heterocycles. The topological polar surface area (TPSA) is 127 Å². The number of nitrogens with one attached hydrogen (secondary N) is 1. The molecule has 0 aliphatic heterocycles. The van der Waals surface area contributed by atoms with Crippen LogP contribution in [0.3, 0.4) is 0 Å². The molecule has 0 radical (unpaired) electrons. The van der Waals surface area contributed by atoms with E-state index in [1.54, 1.807) is 0 Å². The first kappa shape index (κ1) is 16.4. The van der Waals surface area contributed by atoms with E-state index in [-0.39, 0.29) is 22.1 Å². The van der Waals surface area contributed by atoms with Gasteiger partial charge in [0.15, 0.2) is 0 Å². The number of halogens is 1. The van der Waals surface area contributed by atoms with Crippen LogP contribution in [0.1, 0.15) is 23.5 Å². The predicted molar refractivity (Wildman–Crippen MR) is 80.6 cm³/mol. The summed E-state index contributed by atoms with van der Waals surface area (Å²) >= 11 is 5.90. The van der Waals surface area contributed by atoms with E-state index in [0.717, 1.165) is 10.7 Å². The number of carbonyl (C=O) groups excluding carboxylic acids is 1. The van der Waals surface area contributed by atoms with Gasteiger partial charge in [-0.1, -0.05) is 11.6 Å². The van der Waals surface area contributed by atoms with Crippen molar-refractivity contribution in [1.29, 1.82) is 0 Å². The molecule has 120 valence electrons. The average molecular weight is 339 g/mol. The van der Waals surface area contributed by atoms with Gasteiger partial charge in [-0.3, -0.25) is 14.9 Å². The third kappa shape index (κ3) is 3.46. The van der Waals surface area contributed by atoms with Gasteiger partial charge in [0, 0.05) is 18.3 Å². The molecule has 1 aromatic carbocycles. The minimum atomic E-state index is -1.23. The highest BCUT2D eigenvalue weighted by atomic mass is 35.5. The Balaban J connectivity index is 2.25. The summed E-state index contributed by atoms with van der Waals surface area (Å²) in [7, 11) is 0. The van der Waals surface area contributed by atoms with Crippen molar-refractivity contribution in [3.63, 3.8) is 0 Å². The number of nitrogens with zero attached hydrogens (tertiary/aromatic N) is 3. The molecule has 0 saturated carbocycles. The predicted octanol–water partition coefficient (Wildman–Crippen LogP) is 2.34. The molecule has 9 nitrogen and oxygen atoms in total. The van der Waals surface area contributed by atoms with E-state index in [9.17, 15) is 19.7 Å². The van der Waals surface area contributed by atoms with E-state index in [1.807, 2.05) is 0 Å². The summed E-state index contributed by atoms with van der Waals surface area (Å²) in [4.78, 5) is 33.4. The summed E-state index contributed by atoms with van der Waals surface area (Å²) < 4.78 is 1.03. The van der Waals surface area contributed by atoms with Gasteiger partial charge < -0.3 is 10.4 Å². The van der Waals surface area contributed by atoms with Gasteiger partial charge in [-0.25, -0.2) is 9.48 Å². The Labute approximate surface area is 134 Å².